The highest BCUT2D eigenvalue weighted by molar-refractivity contribution is 5.98. The molecule has 4 heteroatoms. The van der Waals surface area contributed by atoms with E-state index >= 15 is 0 Å². The molecule has 0 radical (unpaired) electrons. The number of ether oxygens (including phenoxy) is 1. The topological polar surface area (TPSA) is 55.4 Å². The lowest BCUT2D eigenvalue weighted by atomic mass is 10.1. The molecular formula is C18H19NO3. The fourth-order valence-electron chi connectivity index (χ4n) is 2.09. The molecule has 0 unspecified atom stereocenters. The molecule has 2 rings (SSSR count). The van der Waals surface area contributed by atoms with Gasteiger partial charge in [0.05, 0.1) is 6.61 Å². The van der Waals surface area contributed by atoms with E-state index in [2.05, 4.69) is 11.9 Å². The summed E-state index contributed by atoms with van der Waals surface area (Å²) in [6.45, 7) is 6.07. The molecule has 114 valence electrons. The molecule has 0 aliphatic heterocycles. The van der Waals surface area contributed by atoms with Crippen molar-refractivity contribution in [3.63, 3.8) is 0 Å². The van der Waals surface area contributed by atoms with E-state index in [0.717, 1.165) is 10.8 Å². The minimum Gasteiger partial charge on any atom is -0.463 e. The van der Waals surface area contributed by atoms with Crippen LogP contribution in [0, 0.1) is 0 Å². The summed E-state index contributed by atoms with van der Waals surface area (Å²) in [5.74, 6) is -0.579. The zero-order chi connectivity index (χ0) is 15.9. The first-order valence-electron chi connectivity index (χ1n) is 7.23. The summed E-state index contributed by atoms with van der Waals surface area (Å²) in [6.07, 6.45) is 0.373. The van der Waals surface area contributed by atoms with Crippen LogP contribution in [0.25, 0.3) is 10.8 Å². The van der Waals surface area contributed by atoms with Gasteiger partial charge in [-0.25, -0.2) is 4.79 Å². The molecular weight excluding hydrogens is 278 g/mol. The fraction of sp³-hybridized carbons (Fsp3) is 0.222. The number of hydrogen-bond donors (Lipinski definition) is 1. The lowest BCUT2D eigenvalue weighted by Gasteiger charge is -2.08. The third kappa shape index (κ3) is 3.95. The molecule has 0 heterocycles. The van der Waals surface area contributed by atoms with E-state index in [9.17, 15) is 9.59 Å². The highest BCUT2D eigenvalue weighted by Gasteiger charge is 2.09. The van der Waals surface area contributed by atoms with Gasteiger partial charge in [-0.15, -0.1) is 0 Å². The van der Waals surface area contributed by atoms with Gasteiger partial charge in [-0.3, -0.25) is 4.79 Å². The molecule has 1 N–H and O–H groups in total. The summed E-state index contributed by atoms with van der Waals surface area (Å²) in [5, 5.41) is 4.90. The zero-order valence-electron chi connectivity index (χ0n) is 12.6. The van der Waals surface area contributed by atoms with Crippen LogP contribution >= 0.6 is 0 Å². The maximum Gasteiger partial charge on any atom is 0.333 e. The summed E-state index contributed by atoms with van der Waals surface area (Å²) in [7, 11) is 0. The van der Waals surface area contributed by atoms with E-state index in [-0.39, 0.29) is 5.91 Å². The van der Waals surface area contributed by atoms with Crippen molar-refractivity contribution in [2.75, 3.05) is 13.2 Å². The molecule has 0 bridgehead atoms. The third-order valence-electron chi connectivity index (χ3n) is 3.29. The van der Waals surface area contributed by atoms with Crippen molar-refractivity contribution < 1.29 is 14.3 Å². The van der Waals surface area contributed by atoms with Crippen LogP contribution in [0.15, 0.2) is 54.6 Å². The van der Waals surface area contributed by atoms with Gasteiger partial charge in [-0.1, -0.05) is 36.9 Å². The van der Waals surface area contributed by atoms with E-state index in [1.54, 1.807) is 13.0 Å². The van der Waals surface area contributed by atoms with E-state index < -0.39 is 5.97 Å². The van der Waals surface area contributed by atoms with Crippen molar-refractivity contribution in [3.8, 4) is 0 Å². The lowest BCUT2D eigenvalue weighted by molar-refractivity contribution is -0.138. The van der Waals surface area contributed by atoms with Crippen molar-refractivity contribution in [2.24, 2.45) is 0 Å². The molecule has 4 nitrogen and oxygen atoms in total. The van der Waals surface area contributed by atoms with Crippen LogP contribution in [0.4, 0.5) is 0 Å². The summed E-state index contributed by atoms with van der Waals surface area (Å²) >= 11 is 0. The van der Waals surface area contributed by atoms with Gasteiger partial charge >= 0.3 is 5.97 Å². The Hall–Kier alpha value is -2.62. The van der Waals surface area contributed by atoms with Crippen LogP contribution in [0.1, 0.15) is 23.7 Å². The average Bonchev–Trinajstić information content (AvgIpc) is 2.54. The standard InChI is InChI=1S/C18H19NO3/c1-3-22-18(21)13(2)10-11-19-17(20)16-9-8-14-6-4-5-7-15(14)12-16/h4-9,12H,2-3,10-11H2,1H3,(H,19,20). The zero-order valence-corrected chi connectivity index (χ0v) is 12.6. The first kappa shape index (κ1) is 15.8. The van der Waals surface area contributed by atoms with E-state index in [1.807, 2.05) is 36.4 Å². The van der Waals surface area contributed by atoms with Gasteiger partial charge in [0.15, 0.2) is 0 Å². The average molecular weight is 297 g/mol. The molecule has 22 heavy (non-hydrogen) atoms. The van der Waals surface area contributed by atoms with Crippen LogP contribution in [0.2, 0.25) is 0 Å². The number of benzene rings is 2. The van der Waals surface area contributed by atoms with Gasteiger partial charge < -0.3 is 10.1 Å². The number of nitrogens with one attached hydrogen (secondary N) is 1. The van der Waals surface area contributed by atoms with Crippen molar-refractivity contribution in [2.45, 2.75) is 13.3 Å². The minimum atomic E-state index is -0.414. The molecule has 0 spiro atoms. The molecule has 0 saturated heterocycles. The van der Waals surface area contributed by atoms with E-state index in [0.29, 0.717) is 30.7 Å². The van der Waals surface area contributed by atoms with Crippen LogP contribution in [-0.2, 0) is 9.53 Å². The number of carbonyl (C=O) groups is 2. The number of hydrogen-bond acceptors (Lipinski definition) is 3. The predicted octanol–water partition coefficient (Wildman–Crippen LogP) is 3.08. The maximum atomic E-state index is 12.1. The molecule has 0 aliphatic carbocycles. The summed E-state index contributed by atoms with van der Waals surface area (Å²) < 4.78 is 4.84. The molecule has 0 atom stereocenters. The molecule has 1 amide bonds. The fourth-order valence-corrected chi connectivity index (χ4v) is 2.09. The first-order chi connectivity index (χ1) is 10.6. The predicted molar refractivity (Wildman–Crippen MR) is 86.7 cm³/mol. The second-order valence-corrected chi connectivity index (χ2v) is 4.89. The first-order valence-corrected chi connectivity index (χ1v) is 7.23. The van der Waals surface area contributed by atoms with E-state index in [4.69, 9.17) is 4.74 Å². The second kappa shape index (κ2) is 7.41. The molecule has 0 aliphatic rings. The minimum absolute atomic E-state index is 0.164. The lowest BCUT2D eigenvalue weighted by Crippen LogP contribution is -2.25. The Labute approximate surface area is 129 Å². The summed E-state index contributed by atoms with van der Waals surface area (Å²) in [6, 6.07) is 13.4. The van der Waals surface area contributed by atoms with Crippen LogP contribution in [0.3, 0.4) is 0 Å². The smallest absolute Gasteiger partial charge is 0.333 e. The molecule has 0 fully saturated rings. The van der Waals surface area contributed by atoms with Crippen molar-refractivity contribution in [1.29, 1.82) is 0 Å². The van der Waals surface area contributed by atoms with Gasteiger partial charge in [0, 0.05) is 17.7 Å². The Morgan fingerprint density at radius 1 is 1.14 bits per heavy atom. The number of rotatable bonds is 6. The summed E-state index contributed by atoms with van der Waals surface area (Å²) in [4.78, 5) is 23.5. The Morgan fingerprint density at radius 3 is 2.59 bits per heavy atom. The number of fused-ring (bicyclic) bond motifs is 1. The Kier molecular flexibility index (Phi) is 5.31. The second-order valence-electron chi connectivity index (χ2n) is 4.89. The molecule has 0 saturated carbocycles. The molecule has 2 aromatic rings. The van der Waals surface area contributed by atoms with E-state index in [1.165, 1.54) is 0 Å². The van der Waals surface area contributed by atoms with Gasteiger partial charge in [-0.2, -0.15) is 0 Å². The van der Waals surface area contributed by atoms with Crippen LogP contribution in [0.5, 0.6) is 0 Å². The van der Waals surface area contributed by atoms with Gasteiger partial charge in [0.1, 0.15) is 0 Å². The SMILES string of the molecule is C=C(CCNC(=O)c1ccc2ccccc2c1)C(=O)OCC. The Morgan fingerprint density at radius 2 is 1.86 bits per heavy atom. The van der Waals surface area contributed by atoms with Gasteiger partial charge in [0.2, 0.25) is 0 Å². The third-order valence-corrected chi connectivity index (χ3v) is 3.29. The molecule has 2 aromatic carbocycles. The Balaban J connectivity index is 1.91. The highest BCUT2D eigenvalue weighted by Crippen LogP contribution is 2.15. The number of amides is 1. The normalized spacial score (nSPS) is 10.2. The largest absolute Gasteiger partial charge is 0.463 e. The summed E-state index contributed by atoms with van der Waals surface area (Å²) in [5.41, 5.74) is 0.959. The number of esters is 1. The molecule has 0 aromatic heterocycles. The van der Waals surface area contributed by atoms with Crippen LogP contribution in [-0.4, -0.2) is 25.0 Å². The number of carbonyl (C=O) groups excluding carboxylic acids is 2. The van der Waals surface area contributed by atoms with Gasteiger partial charge in [-0.05, 0) is 36.2 Å². The quantitative estimate of drug-likeness (QED) is 0.658. The van der Waals surface area contributed by atoms with Crippen molar-refractivity contribution >= 4 is 22.6 Å². The maximum absolute atomic E-state index is 12.1. The highest BCUT2D eigenvalue weighted by atomic mass is 16.5. The monoisotopic (exact) mass is 297 g/mol. The van der Waals surface area contributed by atoms with Gasteiger partial charge in [0.25, 0.3) is 5.91 Å². The van der Waals surface area contributed by atoms with Crippen molar-refractivity contribution in [1.82, 2.24) is 5.32 Å². The Bertz CT molecular complexity index is 706. The van der Waals surface area contributed by atoms with Crippen molar-refractivity contribution in [3.05, 3.63) is 60.2 Å². The van der Waals surface area contributed by atoms with Crippen LogP contribution < -0.4 is 5.32 Å².